The number of hydrogen-bond acceptors (Lipinski definition) is 3. The lowest BCUT2D eigenvalue weighted by molar-refractivity contribution is -0.137. The molecule has 116 valence electrons. The molecule has 6 nitrogen and oxygen atoms in total. The van der Waals surface area contributed by atoms with Crippen LogP contribution in [0.25, 0.3) is 0 Å². The van der Waals surface area contributed by atoms with E-state index in [1.54, 1.807) is 6.92 Å². The van der Waals surface area contributed by atoms with E-state index in [9.17, 15) is 27.9 Å². The molecule has 1 saturated heterocycles. The Balaban J connectivity index is 2.10. The normalized spacial score (nSPS) is 17.3. The van der Waals surface area contributed by atoms with Gasteiger partial charge in [-0.05, 0) is 12.5 Å². The summed E-state index contributed by atoms with van der Waals surface area (Å²) in [5, 5.41) is 11.9. The van der Waals surface area contributed by atoms with E-state index in [1.165, 1.54) is 4.90 Å². The molecule has 1 aromatic rings. The maximum atomic E-state index is 12.5. The van der Waals surface area contributed by atoms with Crippen molar-refractivity contribution in [3.63, 3.8) is 0 Å². The van der Waals surface area contributed by atoms with Crippen LogP contribution in [-0.4, -0.2) is 39.7 Å². The second kappa shape index (κ2) is 5.06. The highest BCUT2D eigenvalue weighted by atomic mass is 19.4. The molecule has 21 heavy (non-hydrogen) atoms. The number of anilines is 1. The van der Waals surface area contributed by atoms with E-state index in [0.717, 1.165) is 0 Å². The topological polar surface area (TPSA) is 85.4 Å². The van der Waals surface area contributed by atoms with Gasteiger partial charge in [0.1, 0.15) is 5.69 Å². The molecule has 2 amide bonds. The van der Waals surface area contributed by atoms with Gasteiger partial charge < -0.3 is 20.3 Å². The number of carbonyl (C=O) groups excluding carboxylic acids is 1. The number of pyridine rings is 1. The number of aliphatic hydroxyl groups is 1. The van der Waals surface area contributed by atoms with Crippen LogP contribution in [-0.2, 0) is 6.18 Å². The van der Waals surface area contributed by atoms with E-state index in [-0.39, 0.29) is 13.1 Å². The summed E-state index contributed by atoms with van der Waals surface area (Å²) in [6, 6.07) is -0.152. The minimum atomic E-state index is -4.62. The molecule has 2 rings (SSSR count). The number of halogens is 3. The van der Waals surface area contributed by atoms with Gasteiger partial charge in [0.05, 0.1) is 24.3 Å². The Bertz CT molecular complexity index is 606. The summed E-state index contributed by atoms with van der Waals surface area (Å²) in [4.78, 5) is 26.4. The van der Waals surface area contributed by atoms with Crippen molar-refractivity contribution < 1.29 is 23.1 Å². The van der Waals surface area contributed by atoms with Gasteiger partial charge in [-0.25, -0.2) is 4.79 Å². The van der Waals surface area contributed by atoms with Gasteiger partial charge in [-0.15, -0.1) is 0 Å². The molecule has 1 aliphatic heterocycles. The Morgan fingerprint density at radius 2 is 2.14 bits per heavy atom. The number of rotatable bonds is 2. The van der Waals surface area contributed by atoms with E-state index in [4.69, 9.17) is 0 Å². The Morgan fingerprint density at radius 1 is 1.52 bits per heavy atom. The highest BCUT2D eigenvalue weighted by molar-refractivity contribution is 5.90. The number of aromatic amines is 1. The number of urea groups is 1. The number of hydrogen-bond donors (Lipinski definition) is 3. The number of likely N-dealkylation sites (tertiary alicyclic amines) is 1. The highest BCUT2D eigenvalue weighted by Crippen LogP contribution is 2.29. The maximum absolute atomic E-state index is 12.5. The minimum absolute atomic E-state index is 0.0756. The first kappa shape index (κ1) is 15.4. The van der Waals surface area contributed by atoms with Crippen molar-refractivity contribution in [3.05, 3.63) is 28.2 Å². The van der Waals surface area contributed by atoms with Crippen molar-refractivity contribution in [3.8, 4) is 0 Å². The zero-order valence-electron chi connectivity index (χ0n) is 11.1. The summed E-state index contributed by atoms with van der Waals surface area (Å²) in [7, 11) is 0. The summed E-state index contributed by atoms with van der Waals surface area (Å²) >= 11 is 0. The van der Waals surface area contributed by atoms with Crippen molar-refractivity contribution in [1.82, 2.24) is 9.88 Å². The molecule has 0 aliphatic carbocycles. The summed E-state index contributed by atoms with van der Waals surface area (Å²) in [6.07, 6.45) is -3.62. The molecule has 9 heteroatoms. The molecular weight excluding hydrogens is 291 g/mol. The summed E-state index contributed by atoms with van der Waals surface area (Å²) < 4.78 is 37.6. The van der Waals surface area contributed by atoms with Crippen LogP contribution in [0, 0.1) is 0 Å². The number of carbonyl (C=O) groups is 1. The SMILES string of the molecule is CCC1(O)CN(C(=O)Nc2cc(C(F)(F)F)c[nH]c2=O)C1. The quantitative estimate of drug-likeness (QED) is 0.771. The monoisotopic (exact) mass is 305 g/mol. The number of amides is 2. The van der Waals surface area contributed by atoms with E-state index >= 15 is 0 Å². The van der Waals surface area contributed by atoms with Crippen LogP contribution in [0.2, 0.25) is 0 Å². The van der Waals surface area contributed by atoms with Gasteiger partial charge in [-0.3, -0.25) is 4.79 Å². The number of nitrogens with one attached hydrogen (secondary N) is 2. The molecule has 1 aliphatic rings. The lowest BCUT2D eigenvalue weighted by Gasteiger charge is -2.45. The van der Waals surface area contributed by atoms with Gasteiger partial charge in [0.15, 0.2) is 0 Å². The van der Waals surface area contributed by atoms with Gasteiger partial charge in [-0.1, -0.05) is 6.92 Å². The molecule has 2 heterocycles. The van der Waals surface area contributed by atoms with Crippen molar-refractivity contribution in [2.24, 2.45) is 0 Å². The predicted molar refractivity (Wildman–Crippen MR) is 67.9 cm³/mol. The third kappa shape index (κ3) is 3.18. The zero-order valence-corrected chi connectivity index (χ0v) is 11.1. The first-order chi connectivity index (χ1) is 9.64. The Kier molecular flexibility index (Phi) is 3.70. The van der Waals surface area contributed by atoms with E-state index in [2.05, 4.69) is 5.32 Å². The Labute approximate surface area is 117 Å². The maximum Gasteiger partial charge on any atom is 0.417 e. The van der Waals surface area contributed by atoms with E-state index in [0.29, 0.717) is 18.7 Å². The molecule has 3 N–H and O–H groups in total. The zero-order chi connectivity index (χ0) is 15.8. The fraction of sp³-hybridized carbons (Fsp3) is 0.500. The van der Waals surface area contributed by atoms with Crippen molar-refractivity contribution in [2.75, 3.05) is 18.4 Å². The molecule has 0 atom stereocenters. The van der Waals surface area contributed by atoms with Crippen LogP contribution in [0.5, 0.6) is 0 Å². The van der Waals surface area contributed by atoms with Gasteiger partial charge in [0.25, 0.3) is 5.56 Å². The van der Waals surface area contributed by atoms with Crippen LogP contribution in [0.15, 0.2) is 17.1 Å². The lowest BCUT2D eigenvalue weighted by atomic mass is 9.92. The smallest absolute Gasteiger partial charge is 0.386 e. The summed E-state index contributed by atoms with van der Waals surface area (Å²) in [6.45, 7) is 1.91. The number of alkyl halides is 3. The molecule has 0 saturated carbocycles. The molecule has 0 aromatic carbocycles. The van der Waals surface area contributed by atoms with Crippen LogP contribution in [0.4, 0.5) is 23.7 Å². The molecule has 0 radical (unpaired) electrons. The largest absolute Gasteiger partial charge is 0.417 e. The van der Waals surface area contributed by atoms with Crippen LogP contribution >= 0.6 is 0 Å². The first-order valence-electron chi connectivity index (χ1n) is 6.23. The molecule has 1 fully saturated rings. The van der Waals surface area contributed by atoms with Gasteiger partial charge in [0, 0.05) is 6.20 Å². The molecule has 0 spiro atoms. The first-order valence-corrected chi connectivity index (χ1v) is 6.23. The fourth-order valence-electron chi connectivity index (χ4n) is 1.97. The molecule has 1 aromatic heterocycles. The summed E-state index contributed by atoms with van der Waals surface area (Å²) in [5.74, 6) is 0. The second-order valence-corrected chi connectivity index (χ2v) is 4.99. The van der Waals surface area contributed by atoms with Crippen molar-refractivity contribution in [1.29, 1.82) is 0 Å². The second-order valence-electron chi connectivity index (χ2n) is 4.99. The average molecular weight is 305 g/mol. The van der Waals surface area contributed by atoms with Gasteiger partial charge >= 0.3 is 12.2 Å². The van der Waals surface area contributed by atoms with Crippen LogP contribution in [0.3, 0.4) is 0 Å². The van der Waals surface area contributed by atoms with Crippen LogP contribution in [0.1, 0.15) is 18.9 Å². The third-order valence-corrected chi connectivity index (χ3v) is 3.39. The van der Waals surface area contributed by atoms with Crippen LogP contribution < -0.4 is 10.9 Å². The Hall–Kier alpha value is -2.03. The standard InChI is InChI=1S/C12H14F3N3O3/c1-2-11(21)5-18(6-11)10(20)17-8-3-7(12(13,14)15)4-16-9(8)19/h3-4,21H,2,5-6H2,1H3,(H,16,19)(H,17,20). The third-order valence-electron chi connectivity index (χ3n) is 3.39. The minimum Gasteiger partial charge on any atom is -0.386 e. The van der Waals surface area contributed by atoms with Gasteiger partial charge in [-0.2, -0.15) is 13.2 Å². The number of nitrogens with zero attached hydrogens (tertiary/aromatic N) is 1. The lowest BCUT2D eigenvalue weighted by Crippen LogP contribution is -2.64. The van der Waals surface area contributed by atoms with Gasteiger partial charge in [0.2, 0.25) is 0 Å². The Morgan fingerprint density at radius 3 is 2.67 bits per heavy atom. The molecule has 0 bridgehead atoms. The highest BCUT2D eigenvalue weighted by Gasteiger charge is 2.42. The summed E-state index contributed by atoms with van der Waals surface area (Å²) in [5.41, 5.74) is -3.34. The van der Waals surface area contributed by atoms with Crippen molar-refractivity contribution in [2.45, 2.75) is 25.1 Å². The fourth-order valence-corrected chi connectivity index (χ4v) is 1.97. The van der Waals surface area contributed by atoms with Crippen molar-refractivity contribution >= 4 is 11.7 Å². The predicted octanol–water partition coefficient (Wildman–Crippen LogP) is 1.38. The average Bonchev–Trinajstić information content (AvgIpc) is 2.36. The molecular formula is C12H14F3N3O3. The van der Waals surface area contributed by atoms with E-state index < -0.39 is 34.6 Å². The number of β-amino-alcohol motifs (C(OH)–C–C–N with tert-alkyl or cyclic N) is 1. The number of aromatic nitrogens is 1. The number of H-pyrrole nitrogens is 1. The molecule has 0 unspecified atom stereocenters. The van der Waals surface area contributed by atoms with E-state index in [1.807, 2.05) is 4.98 Å².